The van der Waals surface area contributed by atoms with Crippen molar-refractivity contribution in [1.29, 1.82) is 0 Å². The van der Waals surface area contributed by atoms with Crippen molar-refractivity contribution >= 4 is 31.9 Å². The molecule has 0 saturated heterocycles. The maximum Gasteiger partial charge on any atom is 0.122 e. The van der Waals surface area contributed by atoms with E-state index in [1.54, 1.807) is 0 Å². The van der Waals surface area contributed by atoms with Gasteiger partial charge in [-0.05, 0) is 97.8 Å². The molecule has 0 heterocycles. The SMILES string of the molecule is BrC[C@H]1CC[C@H](c2ccc(CCOc3ccccc3[C@H]3CC[C@H](CBr)CC3)cc2)CC1. The topological polar surface area (TPSA) is 9.23 Å². The van der Waals surface area contributed by atoms with Crippen molar-refractivity contribution in [2.45, 2.75) is 69.6 Å². The van der Waals surface area contributed by atoms with E-state index in [9.17, 15) is 0 Å². The maximum absolute atomic E-state index is 6.30. The van der Waals surface area contributed by atoms with Crippen LogP contribution in [0.1, 0.15) is 79.9 Å². The van der Waals surface area contributed by atoms with Gasteiger partial charge in [0.1, 0.15) is 5.75 Å². The van der Waals surface area contributed by atoms with Gasteiger partial charge < -0.3 is 4.74 Å². The lowest BCUT2D eigenvalue weighted by atomic mass is 9.79. The van der Waals surface area contributed by atoms with Crippen molar-refractivity contribution in [2.24, 2.45) is 11.8 Å². The molecule has 2 aromatic carbocycles. The molecular weight excluding hydrogens is 512 g/mol. The average Bonchev–Trinajstić information content (AvgIpc) is 2.85. The van der Waals surface area contributed by atoms with Crippen LogP contribution in [0.4, 0.5) is 0 Å². The normalized spacial score (nSPS) is 26.5. The molecule has 2 fully saturated rings. The second-order valence-electron chi connectivity index (χ2n) is 9.62. The van der Waals surface area contributed by atoms with E-state index in [0.29, 0.717) is 5.92 Å². The minimum atomic E-state index is 0.658. The molecular formula is C28H36Br2O. The Kier molecular flexibility index (Phi) is 8.96. The standard InChI is InChI=1S/C28H36Br2O/c29-19-22-7-13-25(14-8-22)24-11-5-21(6-12-24)17-18-31-28-4-2-1-3-27(28)26-15-9-23(20-30)10-16-26/h1-6,11-12,22-23,25-26H,7-10,13-20H2/t22-,23-,25-,26-. The molecule has 0 aromatic heterocycles. The predicted octanol–water partition coefficient (Wildman–Crippen LogP) is 8.65. The number of halogens is 2. The Morgan fingerprint density at radius 2 is 1.26 bits per heavy atom. The Balaban J connectivity index is 1.28. The quantitative estimate of drug-likeness (QED) is 0.300. The van der Waals surface area contributed by atoms with Crippen LogP contribution in [0.5, 0.6) is 5.75 Å². The summed E-state index contributed by atoms with van der Waals surface area (Å²) in [5, 5.41) is 2.31. The molecule has 2 aliphatic carbocycles. The summed E-state index contributed by atoms with van der Waals surface area (Å²) >= 11 is 7.32. The van der Waals surface area contributed by atoms with Gasteiger partial charge in [-0.2, -0.15) is 0 Å². The number of alkyl halides is 2. The van der Waals surface area contributed by atoms with Gasteiger partial charge in [0.25, 0.3) is 0 Å². The molecule has 0 unspecified atom stereocenters. The smallest absolute Gasteiger partial charge is 0.122 e. The minimum absolute atomic E-state index is 0.658. The largest absolute Gasteiger partial charge is 0.493 e. The van der Waals surface area contributed by atoms with E-state index in [2.05, 4.69) is 80.4 Å². The van der Waals surface area contributed by atoms with Gasteiger partial charge in [0.15, 0.2) is 0 Å². The van der Waals surface area contributed by atoms with Crippen molar-refractivity contribution in [2.75, 3.05) is 17.3 Å². The lowest BCUT2D eigenvalue weighted by Gasteiger charge is -2.28. The van der Waals surface area contributed by atoms with Crippen LogP contribution in [-0.2, 0) is 6.42 Å². The summed E-state index contributed by atoms with van der Waals surface area (Å²) in [6.07, 6.45) is 11.6. The van der Waals surface area contributed by atoms with Crippen LogP contribution in [0.2, 0.25) is 0 Å². The Morgan fingerprint density at radius 3 is 1.87 bits per heavy atom. The van der Waals surface area contributed by atoms with Gasteiger partial charge in [0.2, 0.25) is 0 Å². The summed E-state index contributed by atoms with van der Waals surface area (Å²) in [4.78, 5) is 0. The Hall–Kier alpha value is -0.800. The molecule has 4 rings (SSSR count). The molecule has 2 saturated carbocycles. The molecule has 2 aromatic rings. The van der Waals surface area contributed by atoms with Crippen LogP contribution < -0.4 is 4.74 Å². The highest BCUT2D eigenvalue weighted by Crippen LogP contribution is 2.40. The van der Waals surface area contributed by atoms with Crippen LogP contribution in [0.3, 0.4) is 0 Å². The highest BCUT2D eigenvalue weighted by atomic mass is 79.9. The number of hydrogen-bond acceptors (Lipinski definition) is 1. The minimum Gasteiger partial charge on any atom is -0.493 e. The number of benzene rings is 2. The molecule has 1 nitrogen and oxygen atoms in total. The van der Waals surface area contributed by atoms with Crippen LogP contribution in [0.15, 0.2) is 48.5 Å². The third-order valence-electron chi connectivity index (χ3n) is 7.59. The molecule has 0 aliphatic heterocycles. The zero-order valence-corrected chi connectivity index (χ0v) is 21.7. The summed E-state index contributed by atoms with van der Waals surface area (Å²) in [6.45, 7) is 0.753. The van der Waals surface area contributed by atoms with E-state index >= 15 is 0 Å². The summed E-state index contributed by atoms with van der Waals surface area (Å²) in [5.74, 6) is 4.25. The van der Waals surface area contributed by atoms with Crippen molar-refractivity contribution in [1.82, 2.24) is 0 Å². The first kappa shape index (κ1) is 23.4. The van der Waals surface area contributed by atoms with Gasteiger partial charge in [-0.1, -0.05) is 74.3 Å². The second-order valence-corrected chi connectivity index (χ2v) is 10.9. The van der Waals surface area contributed by atoms with Crippen molar-refractivity contribution < 1.29 is 4.74 Å². The lowest BCUT2D eigenvalue weighted by molar-refractivity contribution is 0.304. The predicted molar refractivity (Wildman–Crippen MR) is 139 cm³/mol. The van der Waals surface area contributed by atoms with Crippen LogP contribution in [-0.4, -0.2) is 17.3 Å². The fraction of sp³-hybridized carbons (Fsp3) is 0.571. The Morgan fingerprint density at radius 1 is 0.677 bits per heavy atom. The van der Waals surface area contributed by atoms with E-state index in [4.69, 9.17) is 4.74 Å². The van der Waals surface area contributed by atoms with Gasteiger partial charge in [0, 0.05) is 17.1 Å². The maximum atomic E-state index is 6.30. The average molecular weight is 548 g/mol. The van der Waals surface area contributed by atoms with E-state index in [1.807, 2.05) is 0 Å². The molecule has 0 bridgehead atoms. The fourth-order valence-electron chi connectivity index (χ4n) is 5.46. The molecule has 0 radical (unpaired) electrons. The second kappa shape index (κ2) is 11.9. The van der Waals surface area contributed by atoms with Crippen LogP contribution >= 0.6 is 31.9 Å². The van der Waals surface area contributed by atoms with Gasteiger partial charge in [-0.3, -0.25) is 0 Å². The monoisotopic (exact) mass is 546 g/mol. The number of ether oxygens (including phenoxy) is 1. The van der Waals surface area contributed by atoms with E-state index in [1.165, 1.54) is 73.4 Å². The van der Waals surface area contributed by atoms with Crippen molar-refractivity contribution in [3.05, 3.63) is 65.2 Å². The van der Waals surface area contributed by atoms with Crippen molar-refractivity contribution in [3.8, 4) is 5.75 Å². The first-order valence-corrected chi connectivity index (χ1v) is 14.4. The highest BCUT2D eigenvalue weighted by molar-refractivity contribution is 9.09. The van der Waals surface area contributed by atoms with E-state index in [0.717, 1.165) is 41.9 Å². The van der Waals surface area contributed by atoms with Crippen LogP contribution in [0, 0.1) is 11.8 Å². The van der Waals surface area contributed by atoms with E-state index < -0.39 is 0 Å². The zero-order chi connectivity index (χ0) is 21.5. The summed E-state index contributed by atoms with van der Waals surface area (Å²) < 4.78 is 6.30. The molecule has 2 aliphatic rings. The molecule has 0 amide bonds. The third kappa shape index (κ3) is 6.38. The summed E-state index contributed by atoms with van der Waals surface area (Å²) in [5.41, 5.74) is 4.33. The number of rotatable bonds is 8. The van der Waals surface area contributed by atoms with Gasteiger partial charge in [-0.15, -0.1) is 0 Å². The first-order chi connectivity index (χ1) is 15.3. The van der Waals surface area contributed by atoms with Gasteiger partial charge in [0.05, 0.1) is 6.61 Å². The first-order valence-electron chi connectivity index (χ1n) is 12.2. The molecule has 0 spiro atoms. The zero-order valence-electron chi connectivity index (χ0n) is 18.6. The van der Waals surface area contributed by atoms with Crippen molar-refractivity contribution in [3.63, 3.8) is 0 Å². The molecule has 3 heteroatoms. The van der Waals surface area contributed by atoms with E-state index in [-0.39, 0.29) is 0 Å². The van der Waals surface area contributed by atoms with Crippen LogP contribution in [0.25, 0.3) is 0 Å². The molecule has 31 heavy (non-hydrogen) atoms. The summed E-state index contributed by atoms with van der Waals surface area (Å²) in [6, 6.07) is 18.1. The molecule has 0 atom stereocenters. The van der Waals surface area contributed by atoms with Gasteiger partial charge in [-0.25, -0.2) is 0 Å². The Labute approximate surface area is 205 Å². The third-order valence-corrected chi connectivity index (χ3v) is 9.42. The van der Waals surface area contributed by atoms with Gasteiger partial charge >= 0.3 is 0 Å². The fourth-order valence-corrected chi connectivity index (χ4v) is 6.76. The Bertz CT molecular complexity index is 787. The molecule has 168 valence electrons. The number of para-hydroxylation sites is 1. The highest BCUT2D eigenvalue weighted by Gasteiger charge is 2.24. The lowest BCUT2D eigenvalue weighted by Crippen LogP contribution is -2.15. The summed E-state index contributed by atoms with van der Waals surface area (Å²) in [7, 11) is 0. The number of hydrogen-bond donors (Lipinski definition) is 0. The molecule has 0 N–H and O–H groups in total.